The molecule has 10 heteroatoms. The van der Waals surface area contributed by atoms with Gasteiger partial charge in [-0.1, -0.05) is 34.1 Å². The molecule has 1 heterocycles. The van der Waals surface area contributed by atoms with E-state index in [1.165, 1.54) is 12.1 Å². The molecular weight excluding hydrogens is 505 g/mol. The van der Waals surface area contributed by atoms with Gasteiger partial charge in [0.2, 0.25) is 5.76 Å². The summed E-state index contributed by atoms with van der Waals surface area (Å²) < 4.78 is 47.2. The van der Waals surface area contributed by atoms with E-state index >= 15 is 0 Å². The van der Waals surface area contributed by atoms with E-state index in [-0.39, 0.29) is 17.1 Å². The van der Waals surface area contributed by atoms with Crippen LogP contribution in [0.25, 0.3) is 11.0 Å². The highest BCUT2D eigenvalue weighted by Crippen LogP contribution is 2.32. The lowest BCUT2D eigenvalue weighted by Gasteiger charge is -2.10. The number of alkyl halides is 3. The maximum atomic E-state index is 12.9. The molecule has 0 saturated heterocycles. The van der Waals surface area contributed by atoms with Crippen molar-refractivity contribution in [2.24, 2.45) is 0 Å². The molecule has 33 heavy (non-hydrogen) atoms. The van der Waals surface area contributed by atoms with E-state index in [9.17, 15) is 22.8 Å². The highest BCUT2D eigenvalue weighted by Gasteiger charge is 2.31. The van der Waals surface area contributed by atoms with Crippen LogP contribution < -0.4 is 15.4 Å². The van der Waals surface area contributed by atoms with Gasteiger partial charge in [-0.2, -0.15) is 0 Å². The zero-order valence-electron chi connectivity index (χ0n) is 16.6. The second-order valence-corrected chi connectivity index (χ2v) is 7.71. The molecule has 3 aromatic carbocycles. The molecule has 0 atom stereocenters. The normalized spacial score (nSPS) is 11.3. The first kappa shape index (κ1) is 22.4. The number of halogens is 4. The van der Waals surface area contributed by atoms with Crippen molar-refractivity contribution in [2.75, 3.05) is 10.6 Å². The third-order valence-corrected chi connectivity index (χ3v) is 4.97. The molecule has 0 bridgehead atoms. The van der Waals surface area contributed by atoms with Gasteiger partial charge in [0.25, 0.3) is 11.8 Å². The molecule has 0 unspecified atom stereocenters. The van der Waals surface area contributed by atoms with Crippen molar-refractivity contribution < 1.29 is 31.9 Å². The summed E-state index contributed by atoms with van der Waals surface area (Å²) in [5.41, 5.74) is 1.12. The van der Waals surface area contributed by atoms with Crippen LogP contribution in [0.5, 0.6) is 5.75 Å². The van der Waals surface area contributed by atoms with Gasteiger partial charge in [0.1, 0.15) is 17.0 Å². The summed E-state index contributed by atoms with van der Waals surface area (Å²) in [6.07, 6.45) is -4.82. The second-order valence-electron chi connectivity index (χ2n) is 6.79. The number of anilines is 2. The quantitative estimate of drug-likeness (QED) is 0.312. The first-order valence-electron chi connectivity index (χ1n) is 9.45. The Bertz CT molecular complexity index is 1330. The van der Waals surface area contributed by atoms with E-state index in [4.69, 9.17) is 4.42 Å². The number of carbonyl (C=O) groups excluding carboxylic acids is 2. The number of rotatable bonds is 5. The lowest BCUT2D eigenvalue weighted by Crippen LogP contribution is -2.18. The van der Waals surface area contributed by atoms with Crippen LogP contribution in [0.15, 0.2) is 81.7 Å². The van der Waals surface area contributed by atoms with E-state index in [0.29, 0.717) is 21.0 Å². The molecule has 1 aromatic heterocycles. The number of fused-ring (bicyclic) bond motifs is 1. The molecule has 6 nitrogen and oxygen atoms in total. The molecule has 0 fully saturated rings. The zero-order valence-corrected chi connectivity index (χ0v) is 18.2. The van der Waals surface area contributed by atoms with Gasteiger partial charge in [-0.15, -0.1) is 13.2 Å². The molecule has 0 radical (unpaired) electrons. The molecule has 0 spiro atoms. The van der Waals surface area contributed by atoms with Crippen molar-refractivity contribution in [3.63, 3.8) is 0 Å². The van der Waals surface area contributed by atoms with Gasteiger partial charge in [0.15, 0.2) is 0 Å². The minimum atomic E-state index is -4.82. The van der Waals surface area contributed by atoms with Crippen LogP contribution >= 0.6 is 15.9 Å². The number of ether oxygens (including phenoxy) is 1. The van der Waals surface area contributed by atoms with E-state index in [1.807, 2.05) is 0 Å². The smallest absolute Gasteiger partial charge is 0.449 e. The van der Waals surface area contributed by atoms with E-state index < -0.39 is 23.9 Å². The summed E-state index contributed by atoms with van der Waals surface area (Å²) in [4.78, 5) is 25.7. The predicted octanol–water partition coefficient (Wildman–Crippen LogP) is 6.60. The molecule has 4 rings (SSSR count). The largest absolute Gasteiger partial charge is 0.573 e. The van der Waals surface area contributed by atoms with Gasteiger partial charge in [-0.25, -0.2) is 0 Å². The lowest BCUT2D eigenvalue weighted by atomic mass is 10.1. The molecule has 0 aliphatic rings. The van der Waals surface area contributed by atoms with Gasteiger partial charge in [-0.3, -0.25) is 9.59 Å². The Labute approximate surface area is 193 Å². The number of hydrogen-bond donors (Lipinski definition) is 2. The number of benzene rings is 3. The van der Waals surface area contributed by atoms with Crippen molar-refractivity contribution in [3.8, 4) is 5.75 Å². The third-order valence-electron chi connectivity index (χ3n) is 4.47. The fourth-order valence-corrected chi connectivity index (χ4v) is 3.47. The van der Waals surface area contributed by atoms with Crippen LogP contribution in [0.1, 0.15) is 20.9 Å². The minimum Gasteiger partial charge on any atom is -0.449 e. The van der Waals surface area contributed by atoms with Crippen LogP contribution in [-0.4, -0.2) is 18.2 Å². The van der Waals surface area contributed by atoms with Crippen LogP contribution in [0.4, 0.5) is 24.5 Å². The van der Waals surface area contributed by atoms with Gasteiger partial charge in [0.05, 0.1) is 0 Å². The van der Waals surface area contributed by atoms with Crippen LogP contribution in [0.2, 0.25) is 0 Å². The maximum Gasteiger partial charge on any atom is 0.573 e. The van der Waals surface area contributed by atoms with Crippen molar-refractivity contribution in [2.45, 2.75) is 6.36 Å². The Hall–Kier alpha value is -3.79. The monoisotopic (exact) mass is 518 g/mol. The van der Waals surface area contributed by atoms with E-state index in [2.05, 4.69) is 31.3 Å². The van der Waals surface area contributed by atoms with Crippen molar-refractivity contribution in [1.29, 1.82) is 0 Å². The fraction of sp³-hybridized carbons (Fsp3) is 0.0435. The Morgan fingerprint density at radius 3 is 2.30 bits per heavy atom. The average molecular weight is 519 g/mol. The number of furan rings is 1. The summed E-state index contributed by atoms with van der Waals surface area (Å²) in [5.74, 6) is -1.73. The summed E-state index contributed by atoms with van der Waals surface area (Å²) in [6, 6.07) is 18.1. The molecule has 0 aliphatic heterocycles. The number of hydrogen-bond acceptors (Lipinski definition) is 4. The first-order chi connectivity index (χ1) is 15.7. The fourth-order valence-electron chi connectivity index (χ4n) is 3.07. The van der Waals surface area contributed by atoms with Crippen LogP contribution in [0, 0.1) is 0 Å². The van der Waals surface area contributed by atoms with Gasteiger partial charge in [0, 0.05) is 21.1 Å². The number of para-hydroxylation sites is 1. The summed E-state index contributed by atoms with van der Waals surface area (Å²) in [5, 5.41) is 5.78. The number of nitrogens with one attached hydrogen (secondary N) is 2. The Kier molecular flexibility index (Phi) is 6.10. The van der Waals surface area contributed by atoms with Gasteiger partial charge < -0.3 is 19.8 Å². The lowest BCUT2D eigenvalue weighted by molar-refractivity contribution is -0.274. The van der Waals surface area contributed by atoms with E-state index in [1.54, 1.807) is 48.5 Å². The predicted molar refractivity (Wildman–Crippen MR) is 119 cm³/mol. The standard InChI is InChI=1S/C23H14BrF3N2O4/c24-14-5-3-4-13(12-14)21(30)29-19-17-6-1-2-7-18(17)32-20(19)22(31)28-15-8-10-16(11-9-15)33-23(25,26)27/h1-12H,(H,28,31)(H,29,30). The van der Waals surface area contributed by atoms with Crippen LogP contribution in [-0.2, 0) is 0 Å². The SMILES string of the molecule is O=C(Nc1c(C(=O)Nc2ccc(OC(F)(F)F)cc2)oc2ccccc12)c1cccc(Br)c1. The Morgan fingerprint density at radius 1 is 0.879 bits per heavy atom. The molecule has 0 aliphatic carbocycles. The Morgan fingerprint density at radius 2 is 1.61 bits per heavy atom. The summed E-state index contributed by atoms with van der Waals surface area (Å²) >= 11 is 3.31. The topological polar surface area (TPSA) is 80.6 Å². The molecule has 2 N–H and O–H groups in total. The number of carbonyl (C=O) groups is 2. The summed E-state index contributed by atoms with van der Waals surface area (Å²) in [7, 11) is 0. The van der Waals surface area contributed by atoms with Crippen molar-refractivity contribution >= 4 is 50.1 Å². The second kappa shape index (κ2) is 8.99. The average Bonchev–Trinajstić information content (AvgIpc) is 3.13. The molecule has 2 amide bonds. The molecular formula is C23H14BrF3N2O4. The van der Waals surface area contributed by atoms with Crippen molar-refractivity contribution in [3.05, 3.63) is 88.6 Å². The van der Waals surface area contributed by atoms with Gasteiger partial charge in [-0.05, 0) is 54.6 Å². The van der Waals surface area contributed by atoms with Crippen LogP contribution in [0.3, 0.4) is 0 Å². The Balaban J connectivity index is 1.61. The molecule has 168 valence electrons. The first-order valence-corrected chi connectivity index (χ1v) is 10.2. The highest BCUT2D eigenvalue weighted by atomic mass is 79.9. The van der Waals surface area contributed by atoms with Gasteiger partial charge >= 0.3 is 6.36 Å². The van der Waals surface area contributed by atoms with E-state index in [0.717, 1.165) is 12.1 Å². The number of amides is 2. The molecule has 4 aromatic rings. The zero-order chi connectivity index (χ0) is 23.6. The minimum absolute atomic E-state index is 0.157. The summed E-state index contributed by atoms with van der Waals surface area (Å²) in [6.45, 7) is 0. The van der Waals surface area contributed by atoms with Crippen molar-refractivity contribution in [1.82, 2.24) is 0 Å². The highest BCUT2D eigenvalue weighted by molar-refractivity contribution is 9.10. The third kappa shape index (κ3) is 5.35. The molecule has 0 saturated carbocycles. The maximum absolute atomic E-state index is 12.9.